The molecule has 1 rings (SSSR count). The summed E-state index contributed by atoms with van der Waals surface area (Å²) in [6.07, 6.45) is 9.02. The second-order valence-corrected chi connectivity index (χ2v) is 3.95. The first kappa shape index (κ1) is 13.9. The van der Waals surface area contributed by atoms with Crippen molar-refractivity contribution in [1.82, 2.24) is 15.3 Å². The van der Waals surface area contributed by atoms with E-state index in [0.717, 1.165) is 6.42 Å². The van der Waals surface area contributed by atoms with Crippen LogP contribution in [0.4, 0.5) is 0 Å². The molecule has 0 aromatic carbocycles. The van der Waals surface area contributed by atoms with E-state index in [9.17, 15) is 9.59 Å². The minimum atomic E-state index is -1.65. The fourth-order valence-corrected chi connectivity index (χ4v) is 1.40. The number of H-pyrrole nitrogens is 1. The smallest absolute Gasteiger partial charge is 0.290 e. The van der Waals surface area contributed by atoms with E-state index in [0.29, 0.717) is 12.2 Å². The van der Waals surface area contributed by atoms with Gasteiger partial charge in [-0.05, 0) is 6.42 Å². The number of ketones is 1. The molecule has 0 saturated carbocycles. The lowest BCUT2D eigenvalue weighted by molar-refractivity contribution is -0.139. The summed E-state index contributed by atoms with van der Waals surface area (Å²) in [6, 6.07) is 0. The van der Waals surface area contributed by atoms with Crippen molar-refractivity contribution >= 4 is 11.7 Å². The Morgan fingerprint density at radius 2 is 2.39 bits per heavy atom. The van der Waals surface area contributed by atoms with E-state index < -0.39 is 17.2 Å². The van der Waals surface area contributed by atoms with Gasteiger partial charge in [0.15, 0.2) is 5.54 Å². The quantitative estimate of drug-likeness (QED) is 0.461. The highest BCUT2D eigenvalue weighted by atomic mass is 16.2. The maximum absolute atomic E-state index is 11.9. The van der Waals surface area contributed by atoms with Gasteiger partial charge in [0.1, 0.15) is 0 Å². The summed E-state index contributed by atoms with van der Waals surface area (Å²) in [5, 5.41) is 2.46. The number of hydrogen-bond donors (Lipinski definition) is 3. The molecule has 0 aliphatic rings. The Morgan fingerprint density at radius 3 is 2.89 bits per heavy atom. The van der Waals surface area contributed by atoms with Crippen LogP contribution in [-0.4, -0.2) is 33.7 Å². The number of amides is 1. The third kappa shape index (κ3) is 3.18. The van der Waals surface area contributed by atoms with Gasteiger partial charge in [0, 0.05) is 24.9 Å². The molecule has 1 atom stereocenters. The molecule has 0 aliphatic heterocycles. The molecular formula is C12H16N4O2. The maximum atomic E-state index is 11.9. The lowest BCUT2D eigenvalue weighted by Crippen LogP contribution is -2.54. The van der Waals surface area contributed by atoms with Crippen LogP contribution in [0.25, 0.3) is 0 Å². The number of Topliss-reactive ketones (excluding diaryl/α,β-unsaturated/α-hetero) is 1. The first-order valence-corrected chi connectivity index (χ1v) is 5.60. The summed E-state index contributed by atoms with van der Waals surface area (Å²) in [5.41, 5.74) is 4.77. The molecule has 1 amide bonds. The zero-order valence-electron chi connectivity index (χ0n) is 10.2. The third-order valence-electron chi connectivity index (χ3n) is 2.43. The largest absolute Gasteiger partial charge is 0.349 e. The van der Waals surface area contributed by atoms with Crippen LogP contribution in [0.3, 0.4) is 0 Å². The zero-order valence-corrected chi connectivity index (χ0v) is 10.2. The molecule has 0 saturated heterocycles. The average Bonchev–Trinajstić information content (AvgIpc) is 2.87. The van der Waals surface area contributed by atoms with Crippen molar-refractivity contribution < 1.29 is 9.59 Å². The summed E-state index contributed by atoms with van der Waals surface area (Å²) < 4.78 is 0. The molecule has 0 radical (unpaired) electrons. The standard InChI is InChI=1S/C12H16N4O2/c1-3-5-15-11(18)10(17)12(13,4-2)6-9-7-14-8-16-9/h2,7-8H,3,5-6,13H2,1H3,(H,14,16)(H,15,18). The fourth-order valence-electron chi connectivity index (χ4n) is 1.40. The Morgan fingerprint density at radius 1 is 1.67 bits per heavy atom. The highest BCUT2D eigenvalue weighted by molar-refractivity contribution is 6.40. The van der Waals surface area contributed by atoms with Gasteiger partial charge in [0.05, 0.1) is 6.33 Å². The predicted molar refractivity (Wildman–Crippen MR) is 66.4 cm³/mol. The molecule has 6 heteroatoms. The van der Waals surface area contributed by atoms with Crippen LogP contribution in [-0.2, 0) is 16.0 Å². The number of carbonyl (C=O) groups is 2. The van der Waals surface area contributed by atoms with Gasteiger partial charge in [-0.15, -0.1) is 6.42 Å². The number of hydrogen-bond acceptors (Lipinski definition) is 4. The van der Waals surface area contributed by atoms with E-state index >= 15 is 0 Å². The van der Waals surface area contributed by atoms with Gasteiger partial charge < -0.3 is 16.0 Å². The monoisotopic (exact) mass is 248 g/mol. The molecule has 0 aliphatic carbocycles. The van der Waals surface area contributed by atoms with Gasteiger partial charge in [-0.2, -0.15) is 0 Å². The molecule has 4 N–H and O–H groups in total. The SMILES string of the molecule is C#CC(N)(Cc1cnc[nH]1)C(=O)C(=O)NCCC. The van der Waals surface area contributed by atoms with Crippen LogP contribution in [0.15, 0.2) is 12.5 Å². The summed E-state index contributed by atoms with van der Waals surface area (Å²) in [6.45, 7) is 2.29. The predicted octanol–water partition coefficient (Wildman–Crippen LogP) is -0.622. The summed E-state index contributed by atoms with van der Waals surface area (Å²) in [5.74, 6) is 0.629. The average molecular weight is 248 g/mol. The van der Waals surface area contributed by atoms with Crippen molar-refractivity contribution in [2.45, 2.75) is 25.3 Å². The summed E-state index contributed by atoms with van der Waals surface area (Å²) >= 11 is 0. The highest BCUT2D eigenvalue weighted by Crippen LogP contribution is 2.09. The Balaban J connectivity index is 2.78. The molecule has 1 aromatic heterocycles. The topological polar surface area (TPSA) is 101 Å². The van der Waals surface area contributed by atoms with Crippen LogP contribution in [0.1, 0.15) is 19.0 Å². The lowest BCUT2D eigenvalue weighted by Gasteiger charge is -2.20. The van der Waals surface area contributed by atoms with Crippen LogP contribution < -0.4 is 11.1 Å². The number of aromatic amines is 1. The van der Waals surface area contributed by atoms with E-state index in [2.05, 4.69) is 21.2 Å². The van der Waals surface area contributed by atoms with Crippen molar-refractivity contribution in [1.29, 1.82) is 0 Å². The van der Waals surface area contributed by atoms with Crippen molar-refractivity contribution in [3.05, 3.63) is 18.2 Å². The second-order valence-electron chi connectivity index (χ2n) is 3.95. The Kier molecular flexibility index (Phi) is 4.63. The van der Waals surface area contributed by atoms with Gasteiger partial charge in [-0.1, -0.05) is 12.8 Å². The van der Waals surface area contributed by atoms with Gasteiger partial charge in [-0.25, -0.2) is 4.98 Å². The summed E-state index contributed by atoms with van der Waals surface area (Å²) in [4.78, 5) is 30.1. The minimum Gasteiger partial charge on any atom is -0.349 e. The Hall–Kier alpha value is -2.13. The van der Waals surface area contributed by atoms with Gasteiger partial charge >= 0.3 is 0 Å². The molecule has 0 bridgehead atoms. The summed E-state index contributed by atoms with van der Waals surface area (Å²) in [7, 11) is 0. The Bertz CT molecular complexity index is 461. The molecular weight excluding hydrogens is 232 g/mol. The number of aromatic nitrogens is 2. The molecule has 0 spiro atoms. The number of terminal acetylenes is 1. The molecule has 18 heavy (non-hydrogen) atoms. The molecule has 0 fully saturated rings. The van der Waals surface area contributed by atoms with Crippen molar-refractivity contribution in [2.24, 2.45) is 5.73 Å². The van der Waals surface area contributed by atoms with E-state index in [1.807, 2.05) is 6.92 Å². The number of carbonyl (C=O) groups excluding carboxylic acids is 2. The van der Waals surface area contributed by atoms with Gasteiger partial charge in [0.2, 0.25) is 0 Å². The zero-order chi connectivity index (χ0) is 13.6. The Labute approximate surface area is 105 Å². The second kappa shape index (κ2) is 5.98. The van der Waals surface area contributed by atoms with Crippen molar-refractivity contribution in [3.8, 4) is 12.3 Å². The van der Waals surface area contributed by atoms with E-state index in [-0.39, 0.29) is 6.42 Å². The molecule has 1 heterocycles. The van der Waals surface area contributed by atoms with Gasteiger partial charge in [-0.3, -0.25) is 9.59 Å². The fraction of sp³-hybridized carbons (Fsp3) is 0.417. The van der Waals surface area contributed by atoms with Crippen LogP contribution in [0.5, 0.6) is 0 Å². The van der Waals surface area contributed by atoms with Crippen LogP contribution in [0.2, 0.25) is 0 Å². The number of nitrogens with one attached hydrogen (secondary N) is 2. The van der Waals surface area contributed by atoms with Crippen LogP contribution in [0, 0.1) is 12.3 Å². The third-order valence-corrected chi connectivity index (χ3v) is 2.43. The molecule has 6 nitrogen and oxygen atoms in total. The molecule has 1 unspecified atom stereocenters. The normalized spacial score (nSPS) is 13.4. The molecule has 96 valence electrons. The minimum absolute atomic E-state index is 0.0435. The number of nitrogens with zero attached hydrogens (tertiary/aromatic N) is 1. The number of rotatable bonds is 6. The number of imidazole rings is 1. The van der Waals surface area contributed by atoms with Gasteiger partial charge in [0.25, 0.3) is 11.7 Å². The van der Waals surface area contributed by atoms with Crippen molar-refractivity contribution in [3.63, 3.8) is 0 Å². The van der Waals surface area contributed by atoms with Crippen LogP contribution >= 0.6 is 0 Å². The number of nitrogens with two attached hydrogens (primary N) is 1. The van der Waals surface area contributed by atoms with E-state index in [4.69, 9.17) is 12.2 Å². The first-order chi connectivity index (χ1) is 8.53. The first-order valence-electron chi connectivity index (χ1n) is 5.60. The van der Waals surface area contributed by atoms with E-state index in [1.54, 1.807) is 0 Å². The molecule has 1 aromatic rings. The lowest BCUT2D eigenvalue weighted by atomic mass is 9.90. The highest BCUT2D eigenvalue weighted by Gasteiger charge is 2.37. The van der Waals surface area contributed by atoms with E-state index in [1.165, 1.54) is 12.5 Å². The van der Waals surface area contributed by atoms with Crippen molar-refractivity contribution in [2.75, 3.05) is 6.54 Å². The maximum Gasteiger partial charge on any atom is 0.290 e.